The van der Waals surface area contributed by atoms with E-state index < -0.39 is 0 Å². The largest absolute Gasteiger partial charge is 0.312 e. The first-order valence-corrected chi connectivity index (χ1v) is 14.9. The van der Waals surface area contributed by atoms with Gasteiger partial charge in [-0.1, -0.05) is 155 Å². The van der Waals surface area contributed by atoms with Gasteiger partial charge in [0.1, 0.15) is 0 Å². The second-order valence-corrected chi connectivity index (χ2v) is 11.0. The molecule has 0 spiro atoms. The van der Waals surface area contributed by atoms with Gasteiger partial charge in [0.2, 0.25) is 0 Å². The monoisotopic (exact) mass is 437 g/mol. The zero-order valence-corrected chi connectivity index (χ0v) is 22.7. The van der Waals surface area contributed by atoms with Gasteiger partial charge >= 0.3 is 0 Å². The van der Waals surface area contributed by atoms with E-state index in [-0.39, 0.29) is 0 Å². The van der Waals surface area contributed by atoms with Crippen molar-refractivity contribution in [2.75, 3.05) is 6.54 Å². The van der Waals surface area contributed by atoms with Crippen molar-refractivity contribution in [1.82, 2.24) is 5.32 Å². The molecule has 0 aromatic carbocycles. The van der Waals surface area contributed by atoms with E-state index in [1.807, 2.05) is 0 Å². The molecule has 0 heterocycles. The van der Waals surface area contributed by atoms with Crippen LogP contribution >= 0.6 is 0 Å². The fourth-order valence-electron chi connectivity index (χ4n) is 4.71. The van der Waals surface area contributed by atoms with E-state index in [4.69, 9.17) is 0 Å². The van der Waals surface area contributed by atoms with Crippen LogP contribution in [0.2, 0.25) is 0 Å². The molecule has 0 bridgehead atoms. The van der Waals surface area contributed by atoms with Gasteiger partial charge in [0, 0.05) is 5.54 Å². The summed E-state index contributed by atoms with van der Waals surface area (Å²) >= 11 is 0. The van der Waals surface area contributed by atoms with Crippen molar-refractivity contribution in [1.29, 1.82) is 0 Å². The van der Waals surface area contributed by atoms with Gasteiger partial charge in [-0.25, -0.2) is 0 Å². The molecule has 0 aliphatic carbocycles. The average Bonchev–Trinajstić information content (AvgIpc) is 2.75. The summed E-state index contributed by atoms with van der Waals surface area (Å²) in [5, 5.41) is 3.83. The second-order valence-electron chi connectivity index (χ2n) is 11.0. The Morgan fingerprint density at radius 3 is 1.03 bits per heavy atom. The Hall–Kier alpha value is -0.0400. The molecule has 0 aliphatic rings. The molecule has 0 atom stereocenters. The van der Waals surface area contributed by atoms with Gasteiger partial charge in [-0.3, -0.25) is 0 Å². The quantitative estimate of drug-likeness (QED) is 0.133. The van der Waals surface area contributed by atoms with E-state index in [0.717, 1.165) is 0 Å². The smallest absolute Gasteiger partial charge is 0.0125 e. The van der Waals surface area contributed by atoms with E-state index in [1.165, 1.54) is 161 Å². The fraction of sp³-hybridized carbons (Fsp3) is 1.00. The van der Waals surface area contributed by atoms with E-state index in [0.29, 0.717) is 5.54 Å². The van der Waals surface area contributed by atoms with Gasteiger partial charge in [-0.05, 0) is 33.2 Å². The summed E-state index contributed by atoms with van der Waals surface area (Å²) in [4.78, 5) is 0. The Bertz CT molecular complexity index is 322. The van der Waals surface area contributed by atoms with Crippen LogP contribution in [0.25, 0.3) is 0 Å². The van der Waals surface area contributed by atoms with Crippen molar-refractivity contribution in [3.05, 3.63) is 0 Å². The van der Waals surface area contributed by atoms with Crippen LogP contribution < -0.4 is 5.32 Å². The highest BCUT2D eigenvalue weighted by molar-refractivity contribution is 4.77. The Labute approximate surface area is 199 Å². The van der Waals surface area contributed by atoms with Gasteiger partial charge in [0.05, 0.1) is 0 Å². The third kappa shape index (κ3) is 26.1. The molecule has 0 radical (unpaired) electrons. The van der Waals surface area contributed by atoms with Crippen molar-refractivity contribution in [3.8, 4) is 0 Å². The number of hydrogen-bond donors (Lipinski definition) is 1. The molecule has 0 aromatic heterocycles. The van der Waals surface area contributed by atoms with Crippen molar-refractivity contribution < 1.29 is 0 Å². The van der Waals surface area contributed by atoms with Crippen molar-refractivity contribution >= 4 is 0 Å². The standard InChI is InChI=1S/C30H63N/c1-5-7-9-11-13-15-17-19-21-23-25-27-29-31-30(3,4)28-26-24-22-20-18-16-14-12-10-8-6-2/h31H,5-29H2,1-4H3. The van der Waals surface area contributed by atoms with Crippen LogP contribution in [0.3, 0.4) is 0 Å². The predicted molar refractivity (Wildman–Crippen MR) is 144 cm³/mol. The second kappa shape index (κ2) is 24.6. The molecule has 0 saturated carbocycles. The minimum Gasteiger partial charge on any atom is -0.312 e. The molecule has 0 rings (SSSR count). The molecule has 1 nitrogen and oxygen atoms in total. The first-order chi connectivity index (χ1) is 15.1. The summed E-state index contributed by atoms with van der Waals surface area (Å²) in [5.41, 5.74) is 0.330. The summed E-state index contributed by atoms with van der Waals surface area (Å²) in [6.45, 7) is 10.6. The highest BCUT2D eigenvalue weighted by Gasteiger charge is 2.15. The highest BCUT2D eigenvalue weighted by atomic mass is 14.9. The maximum atomic E-state index is 3.83. The molecule has 0 unspecified atom stereocenters. The van der Waals surface area contributed by atoms with Crippen LogP contribution in [0.15, 0.2) is 0 Å². The average molecular weight is 438 g/mol. The lowest BCUT2D eigenvalue weighted by Gasteiger charge is -2.26. The van der Waals surface area contributed by atoms with Crippen LogP contribution in [0.4, 0.5) is 0 Å². The van der Waals surface area contributed by atoms with Gasteiger partial charge in [-0.2, -0.15) is 0 Å². The Morgan fingerprint density at radius 2 is 0.677 bits per heavy atom. The van der Waals surface area contributed by atoms with E-state index in [9.17, 15) is 0 Å². The summed E-state index contributed by atoms with van der Waals surface area (Å²) in [5.74, 6) is 0. The molecule has 0 aromatic rings. The molecule has 0 saturated heterocycles. The number of hydrogen-bond acceptors (Lipinski definition) is 1. The normalized spacial score (nSPS) is 12.0. The van der Waals surface area contributed by atoms with E-state index >= 15 is 0 Å². The molecular formula is C30H63N. The SMILES string of the molecule is CCCCCCCCCCCCCCNC(C)(C)CCCCCCCCCCCCC. The lowest BCUT2D eigenvalue weighted by atomic mass is 9.95. The summed E-state index contributed by atoms with van der Waals surface area (Å²) < 4.78 is 0. The molecule has 0 aliphatic heterocycles. The van der Waals surface area contributed by atoms with Crippen LogP contribution in [-0.2, 0) is 0 Å². The van der Waals surface area contributed by atoms with Crippen LogP contribution in [0.5, 0.6) is 0 Å². The summed E-state index contributed by atoms with van der Waals surface area (Å²) in [6.07, 6.45) is 34.5. The van der Waals surface area contributed by atoms with Gasteiger partial charge in [0.25, 0.3) is 0 Å². The third-order valence-corrected chi connectivity index (χ3v) is 7.04. The zero-order chi connectivity index (χ0) is 22.9. The first-order valence-electron chi connectivity index (χ1n) is 14.9. The Morgan fingerprint density at radius 1 is 0.387 bits per heavy atom. The van der Waals surface area contributed by atoms with Crippen molar-refractivity contribution in [3.63, 3.8) is 0 Å². The molecular weight excluding hydrogens is 374 g/mol. The van der Waals surface area contributed by atoms with E-state index in [2.05, 4.69) is 33.0 Å². The minimum absolute atomic E-state index is 0.330. The third-order valence-electron chi connectivity index (χ3n) is 7.04. The molecule has 31 heavy (non-hydrogen) atoms. The predicted octanol–water partition coefficient (Wildman–Crippen LogP) is 10.8. The Kier molecular flexibility index (Phi) is 24.6. The molecule has 0 amide bonds. The highest BCUT2D eigenvalue weighted by Crippen LogP contribution is 2.17. The maximum absolute atomic E-state index is 3.83. The van der Waals surface area contributed by atoms with Crippen molar-refractivity contribution in [2.45, 2.75) is 187 Å². The summed E-state index contributed by atoms with van der Waals surface area (Å²) in [7, 11) is 0. The molecule has 0 fully saturated rings. The lowest BCUT2D eigenvalue weighted by molar-refractivity contribution is 0.342. The number of unbranched alkanes of at least 4 members (excludes halogenated alkanes) is 21. The van der Waals surface area contributed by atoms with Gasteiger partial charge in [-0.15, -0.1) is 0 Å². The molecule has 1 N–H and O–H groups in total. The maximum Gasteiger partial charge on any atom is 0.0125 e. The topological polar surface area (TPSA) is 12.0 Å². The summed E-state index contributed by atoms with van der Waals surface area (Å²) in [6, 6.07) is 0. The molecule has 188 valence electrons. The van der Waals surface area contributed by atoms with Crippen LogP contribution in [-0.4, -0.2) is 12.1 Å². The van der Waals surface area contributed by atoms with Gasteiger partial charge in [0.15, 0.2) is 0 Å². The lowest BCUT2D eigenvalue weighted by Crippen LogP contribution is -2.39. The number of rotatable bonds is 26. The van der Waals surface area contributed by atoms with E-state index in [1.54, 1.807) is 0 Å². The van der Waals surface area contributed by atoms with Crippen LogP contribution in [0.1, 0.15) is 182 Å². The minimum atomic E-state index is 0.330. The van der Waals surface area contributed by atoms with Gasteiger partial charge < -0.3 is 5.32 Å². The van der Waals surface area contributed by atoms with Crippen molar-refractivity contribution in [2.24, 2.45) is 0 Å². The zero-order valence-electron chi connectivity index (χ0n) is 22.7. The fourth-order valence-corrected chi connectivity index (χ4v) is 4.71. The first kappa shape index (κ1) is 31.0. The van der Waals surface area contributed by atoms with Crippen LogP contribution in [0, 0.1) is 0 Å². The Balaban J connectivity index is 3.29. The number of nitrogens with one attached hydrogen (secondary N) is 1. The molecule has 1 heteroatoms.